The Morgan fingerprint density at radius 1 is 0.846 bits per heavy atom. The van der Waals surface area contributed by atoms with Crippen LogP contribution in [0, 0.1) is 0 Å². The molecule has 0 radical (unpaired) electrons. The number of carbonyl (C=O) groups excluding carboxylic acids is 2. The average Bonchev–Trinajstić information content (AvgIpc) is 2.70. The van der Waals surface area contributed by atoms with Crippen molar-refractivity contribution in [3.8, 4) is 0 Å². The van der Waals surface area contributed by atoms with Crippen LogP contribution in [0.15, 0.2) is 91.3 Å². The molecular weight excluding hydrogens is 326 g/mol. The number of hydrogen-bond donors (Lipinski definition) is 1. The fourth-order valence-electron chi connectivity index (χ4n) is 2.25. The van der Waals surface area contributed by atoms with Gasteiger partial charge in [-0.3, -0.25) is 14.6 Å². The first-order valence-corrected chi connectivity index (χ1v) is 8.18. The summed E-state index contributed by atoms with van der Waals surface area (Å²) in [5, 5.41) is 0. The molecule has 26 heavy (non-hydrogen) atoms. The van der Waals surface area contributed by atoms with E-state index in [1.165, 1.54) is 4.90 Å². The first-order valence-electron chi connectivity index (χ1n) is 8.18. The quantitative estimate of drug-likeness (QED) is 0.771. The molecule has 1 aromatic heterocycles. The molecule has 132 valence electrons. The van der Waals surface area contributed by atoms with Crippen LogP contribution in [-0.2, 0) is 11.3 Å². The second-order valence-electron chi connectivity index (χ2n) is 5.51. The molecule has 0 aliphatic heterocycles. The van der Waals surface area contributed by atoms with E-state index in [-0.39, 0.29) is 12.5 Å². The molecule has 0 spiro atoms. The van der Waals surface area contributed by atoms with Gasteiger partial charge in [-0.1, -0.05) is 60.7 Å². The first-order chi connectivity index (χ1) is 12.7. The molecule has 0 fully saturated rings. The van der Waals surface area contributed by atoms with Crippen LogP contribution < -0.4 is 5.73 Å². The highest BCUT2D eigenvalue weighted by Gasteiger charge is 2.17. The van der Waals surface area contributed by atoms with Crippen LogP contribution >= 0.6 is 0 Å². The summed E-state index contributed by atoms with van der Waals surface area (Å²) in [5.74, 6) is -0.772. The lowest BCUT2D eigenvalue weighted by Gasteiger charge is -2.21. The van der Waals surface area contributed by atoms with Gasteiger partial charge in [-0.05, 0) is 23.8 Å². The second kappa shape index (κ2) is 10.4. The fourth-order valence-corrected chi connectivity index (χ4v) is 2.25. The van der Waals surface area contributed by atoms with Crippen molar-refractivity contribution in [2.24, 2.45) is 5.73 Å². The van der Waals surface area contributed by atoms with E-state index in [2.05, 4.69) is 4.98 Å². The Kier molecular flexibility index (Phi) is 7.55. The lowest BCUT2D eigenvalue weighted by atomic mass is 10.2. The molecule has 0 unspecified atom stereocenters. The number of nitrogens with zero attached hydrogens (tertiary/aromatic N) is 2. The molecule has 0 saturated carbocycles. The van der Waals surface area contributed by atoms with Crippen molar-refractivity contribution in [1.82, 2.24) is 9.88 Å². The zero-order valence-corrected chi connectivity index (χ0v) is 14.4. The van der Waals surface area contributed by atoms with E-state index in [1.807, 2.05) is 48.5 Å². The summed E-state index contributed by atoms with van der Waals surface area (Å²) in [6.07, 6.45) is 3.31. The summed E-state index contributed by atoms with van der Waals surface area (Å²) >= 11 is 0. The van der Waals surface area contributed by atoms with Crippen molar-refractivity contribution < 1.29 is 9.59 Å². The van der Waals surface area contributed by atoms with Crippen molar-refractivity contribution in [2.45, 2.75) is 6.54 Å². The molecule has 0 aliphatic rings. The molecule has 3 rings (SSSR count). The Labute approximate surface area is 153 Å². The third-order valence-corrected chi connectivity index (χ3v) is 3.42. The lowest BCUT2D eigenvalue weighted by Crippen LogP contribution is -2.38. The van der Waals surface area contributed by atoms with Gasteiger partial charge in [0.25, 0.3) is 5.91 Å². The number of nitrogens with two attached hydrogens (primary N) is 1. The number of amides is 2. The number of rotatable bonds is 5. The fraction of sp³-hybridized carbons (Fsp3) is 0.0952. The minimum atomic E-state index is -0.543. The molecule has 5 heteroatoms. The number of carbonyl (C=O) groups is 2. The van der Waals surface area contributed by atoms with E-state index in [0.29, 0.717) is 12.1 Å². The van der Waals surface area contributed by atoms with Gasteiger partial charge >= 0.3 is 0 Å². The van der Waals surface area contributed by atoms with Gasteiger partial charge in [-0.25, -0.2) is 0 Å². The van der Waals surface area contributed by atoms with Gasteiger partial charge in [0.1, 0.15) is 0 Å². The Balaban J connectivity index is 0.000000342. The molecule has 0 bridgehead atoms. The Morgan fingerprint density at radius 3 is 1.92 bits per heavy atom. The van der Waals surface area contributed by atoms with Crippen molar-refractivity contribution in [3.05, 3.63) is 102 Å². The highest BCUT2D eigenvalue weighted by molar-refractivity contribution is 5.96. The van der Waals surface area contributed by atoms with Gasteiger partial charge in [0.2, 0.25) is 5.91 Å². The predicted octanol–water partition coefficient (Wildman–Crippen LogP) is 2.90. The SMILES string of the molecule is NC(=O)CN(Cc1cccnc1)C(=O)c1ccccc1.c1ccccc1. The number of pyridine rings is 1. The number of aromatic nitrogens is 1. The lowest BCUT2D eigenvalue weighted by molar-refractivity contribution is -0.118. The number of hydrogen-bond acceptors (Lipinski definition) is 3. The number of benzene rings is 2. The van der Waals surface area contributed by atoms with Crippen LogP contribution in [0.3, 0.4) is 0 Å². The maximum absolute atomic E-state index is 12.4. The average molecular weight is 347 g/mol. The molecule has 3 aromatic rings. The smallest absolute Gasteiger partial charge is 0.254 e. The maximum Gasteiger partial charge on any atom is 0.254 e. The summed E-state index contributed by atoms with van der Waals surface area (Å²) < 4.78 is 0. The van der Waals surface area contributed by atoms with Crippen molar-refractivity contribution in [3.63, 3.8) is 0 Å². The minimum Gasteiger partial charge on any atom is -0.368 e. The second-order valence-corrected chi connectivity index (χ2v) is 5.51. The van der Waals surface area contributed by atoms with Gasteiger partial charge < -0.3 is 10.6 Å². The Bertz CT molecular complexity index is 767. The molecule has 5 nitrogen and oxygen atoms in total. The van der Waals surface area contributed by atoms with Crippen molar-refractivity contribution >= 4 is 11.8 Å². The molecule has 2 amide bonds. The van der Waals surface area contributed by atoms with Gasteiger partial charge in [-0.15, -0.1) is 0 Å². The van der Waals surface area contributed by atoms with E-state index >= 15 is 0 Å². The Hall–Kier alpha value is -3.47. The number of primary amides is 1. The van der Waals surface area contributed by atoms with Crippen LogP contribution in [0.4, 0.5) is 0 Å². The highest BCUT2D eigenvalue weighted by atomic mass is 16.2. The molecule has 0 saturated heterocycles. The summed E-state index contributed by atoms with van der Waals surface area (Å²) in [7, 11) is 0. The van der Waals surface area contributed by atoms with E-state index in [4.69, 9.17) is 5.73 Å². The van der Waals surface area contributed by atoms with Gasteiger partial charge in [0, 0.05) is 24.5 Å². The van der Waals surface area contributed by atoms with Crippen LogP contribution in [0.1, 0.15) is 15.9 Å². The summed E-state index contributed by atoms with van der Waals surface area (Å²) in [6.45, 7) is 0.174. The van der Waals surface area contributed by atoms with Gasteiger partial charge in [-0.2, -0.15) is 0 Å². The van der Waals surface area contributed by atoms with E-state index < -0.39 is 5.91 Å². The molecule has 0 aliphatic carbocycles. The van der Waals surface area contributed by atoms with Crippen molar-refractivity contribution in [2.75, 3.05) is 6.54 Å². The molecule has 2 N–H and O–H groups in total. The molecule has 1 heterocycles. The predicted molar refractivity (Wildman–Crippen MR) is 101 cm³/mol. The third kappa shape index (κ3) is 6.57. The van der Waals surface area contributed by atoms with E-state index in [1.54, 1.807) is 42.7 Å². The van der Waals surface area contributed by atoms with E-state index in [0.717, 1.165) is 5.56 Å². The van der Waals surface area contributed by atoms with Gasteiger partial charge in [0.05, 0.1) is 6.54 Å². The van der Waals surface area contributed by atoms with Crippen LogP contribution in [0.5, 0.6) is 0 Å². The zero-order chi connectivity index (χ0) is 18.6. The summed E-state index contributed by atoms with van der Waals surface area (Å²) in [6, 6.07) is 24.4. The summed E-state index contributed by atoms with van der Waals surface area (Å²) in [5.41, 5.74) is 6.59. The first kappa shape index (κ1) is 18.9. The highest BCUT2D eigenvalue weighted by Crippen LogP contribution is 2.09. The van der Waals surface area contributed by atoms with Crippen LogP contribution in [0.2, 0.25) is 0 Å². The minimum absolute atomic E-state index is 0.122. The maximum atomic E-state index is 12.4. The molecule has 0 atom stereocenters. The molecular formula is C21H21N3O2. The van der Waals surface area contributed by atoms with E-state index in [9.17, 15) is 9.59 Å². The molecule has 2 aromatic carbocycles. The Morgan fingerprint density at radius 2 is 1.42 bits per heavy atom. The largest absolute Gasteiger partial charge is 0.368 e. The third-order valence-electron chi connectivity index (χ3n) is 3.42. The van der Waals surface area contributed by atoms with Crippen molar-refractivity contribution in [1.29, 1.82) is 0 Å². The normalized spacial score (nSPS) is 9.54. The topological polar surface area (TPSA) is 76.3 Å². The monoisotopic (exact) mass is 347 g/mol. The standard InChI is InChI=1S/C15H15N3O2.C6H6/c16-14(19)11-18(10-12-5-4-8-17-9-12)15(20)13-6-2-1-3-7-13;1-2-4-6-5-3-1/h1-9H,10-11H2,(H2,16,19);1-6H. The summed E-state index contributed by atoms with van der Waals surface area (Å²) in [4.78, 5) is 28.9. The van der Waals surface area contributed by atoms with Gasteiger partial charge in [0.15, 0.2) is 0 Å². The van der Waals surface area contributed by atoms with Crippen LogP contribution in [0.25, 0.3) is 0 Å². The zero-order valence-electron chi connectivity index (χ0n) is 14.4. The van der Waals surface area contributed by atoms with Crippen LogP contribution in [-0.4, -0.2) is 28.2 Å².